The van der Waals surface area contributed by atoms with E-state index >= 15 is 0 Å². The predicted molar refractivity (Wildman–Crippen MR) is 124 cm³/mol. The summed E-state index contributed by atoms with van der Waals surface area (Å²) in [7, 11) is 0. The first kappa shape index (κ1) is 24.4. The van der Waals surface area contributed by atoms with Crippen molar-refractivity contribution in [1.29, 1.82) is 0 Å². The second-order valence-electron chi connectivity index (χ2n) is 12.8. The van der Waals surface area contributed by atoms with E-state index in [-0.39, 0.29) is 40.3 Å². The van der Waals surface area contributed by atoms with E-state index in [0.717, 1.165) is 37.7 Å². The number of carbonyl (C=O) groups excluding carboxylic acids is 1. The van der Waals surface area contributed by atoms with E-state index in [2.05, 4.69) is 20.8 Å². The van der Waals surface area contributed by atoms with Crippen LogP contribution < -0.4 is 0 Å². The Morgan fingerprint density at radius 1 is 1.12 bits per heavy atom. The lowest BCUT2D eigenvalue weighted by Crippen LogP contribution is -2.59. The van der Waals surface area contributed by atoms with Crippen LogP contribution in [0.1, 0.15) is 92.4 Å². The standard InChI is InChI=1S/C27H44O5/c1-16(22(29)9-10-24(2,3)31)18-8-13-27(32)20-15-23(30)21-14-17(28)6-11-25(21,4)19(20)7-12-26(18,27)5/h15-19,21-22,28-29,31-32H,6-14H2,1-5H3/t16-,17-,18?,19?,21?,22+,25+,26+,27-/m0/s1. The molecule has 0 spiro atoms. The lowest BCUT2D eigenvalue weighted by molar-refractivity contribution is -0.142. The maximum Gasteiger partial charge on any atom is 0.159 e. The molecule has 5 heteroatoms. The quantitative estimate of drug-likeness (QED) is 0.513. The Kier molecular flexibility index (Phi) is 6.02. The topological polar surface area (TPSA) is 98.0 Å². The molecule has 0 aromatic rings. The molecule has 0 amide bonds. The smallest absolute Gasteiger partial charge is 0.159 e. The molecule has 0 saturated heterocycles. The summed E-state index contributed by atoms with van der Waals surface area (Å²) >= 11 is 0. The van der Waals surface area contributed by atoms with Crippen LogP contribution in [0.3, 0.4) is 0 Å². The SMILES string of the molecule is C[C@@H](C1CC[C@]2(O)C3=CC(=O)C4C[C@@H](O)CC[C@]4(C)C3CC[C@]12C)[C@H](O)CCC(C)(C)O. The fraction of sp³-hybridized carbons (Fsp3) is 0.889. The Morgan fingerprint density at radius 3 is 2.47 bits per heavy atom. The van der Waals surface area contributed by atoms with Crippen LogP contribution in [0.15, 0.2) is 11.6 Å². The maximum absolute atomic E-state index is 13.2. The minimum absolute atomic E-state index is 0.0148. The van der Waals surface area contributed by atoms with Crippen molar-refractivity contribution in [3.8, 4) is 0 Å². The molecular weight excluding hydrogens is 404 g/mol. The van der Waals surface area contributed by atoms with Gasteiger partial charge in [0.15, 0.2) is 5.78 Å². The van der Waals surface area contributed by atoms with Crippen LogP contribution in [0.25, 0.3) is 0 Å². The predicted octanol–water partition coefficient (Wildman–Crippen LogP) is 3.77. The largest absolute Gasteiger partial charge is 0.393 e. The van der Waals surface area contributed by atoms with Crippen molar-refractivity contribution in [1.82, 2.24) is 0 Å². The molecule has 0 radical (unpaired) electrons. The Bertz CT molecular complexity index is 783. The summed E-state index contributed by atoms with van der Waals surface area (Å²) in [6.07, 6.45) is 7.33. The van der Waals surface area contributed by atoms with Crippen LogP contribution >= 0.6 is 0 Å². The fourth-order valence-corrected chi connectivity index (χ4v) is 8.23. The summed E-state index contributed by atoms with van der Waals surface area (Å²) < 4.78 is 0. The van der Waals surface area contributed by atoms with Crippen molar-refractivity contribution in [3.63, 3.8) is 0 Å². The zero-order chi connectivity index (χ0) is 23.7. The van der Waals surface area contributed by atoms with E-state index in [1.54, 1.807) is 19.9 Å². The van der Waals surface area contributed by atoms with Gasteiger partial charge in [-0.1, -0.05) is 20.8 Å². The molecular formula is C27H44O5. The monoisotopic (exact) mass is 448 g/mol. The van der Waals surface area contributed by atoms with Gasteiger partial charge in [-0.15, -0.1) is 0 Å². The highest BCUT2D eigenvalue weighted by molar-refractivity contribution is 5.95. The van der Waals surface area contributed by atoms with Gasteiger partial charge in [0.05, 0.1) is 23.4 Å². The highest BCUT2D eigenvalue weighted by Gasteiger charge is 2.66. The third-order valence-electron chi connectivity index (χ3n) is 10.4. The molecule has 0 heterocycles. The van der Waals surface area contributed by atoms with Gasteiger partial charge in [-0.05, 0) is 106 Å². The number of hydrogen-bond donors (Lipinski definition) is 4. The fourth-order valence-electron chi connectivity index (χ4n) is 8.23. The van der Waals surface area contributed by atoms with E-state index < -0.39 is 23.4 Å². The molecule has 0 aromatic heterocycles. The van der Waals surface area contributed by atoms with Gasteiger partial charge >= 0.3 is 0 Å². The summed E-state index contributed by atoms with van der Waals surface area (Å²) in [5.74, 6) is 0.301. The molecule has 4 rings (SSSR count). The van der Waals surface area contributed by atoms with Gasteiger partial charge in [0.1, 0.15) is 0 Å². The molecule has 0 bridgehead atoms. The first-order chi connectivity index (χ1) is 14.7. The summed E-state index contributed by atoms with van der Waals surface area (Å²) in [5, 5.41) is 43.4. The van der Waals surface area contributed by atoms with Crippen molar-refractivity contribution in [3.05, 3.63) is 11.6 Å². The average Bonchev–Trinajstić information content (AvgIpc) is 2.98. The van der Waals surface area contributed by atoms with E-state index in [0.29, 0.717) is 25.7 Å². The lowest BCUT2D eigenvalue weighted by atomic mass is 9.46. The van der Waals surface area contributed by atoms with Crippen LogP contribution in [-0.4, -0.2) is 49.6 Å². The molecule has 0 aliphatic heterocycles. The molecule has 4 N–H and O–H groups in total. The molecule has 4 aliphatic carbocycles. The number of aliphatic hydroxyl groups is 4. The van der Waals surface area contributed by atoms with Gasteiger partial charge < -0.3 is 20.4 Å². The Morgan fingerprint density at radius 2 is 1.81 bits per heavy atom. The zero-order valence-corrected chi connectivity index (χ0v) is 20.6. The molecule has 32 heavy (non-hydrogen) atoms. The molecule has 4 aliphatic rings. The molecule has 3 fully saturated rings. The van der Waals surface area contributed by atoms with E-state index in [1.807, 2.05) is 0 Å². The first-order valence-electron chi connectivity index (χ1n) is 12.8. The third-order valence-corrected chi connectivity index (χ3v) is 10.4. The van der Waals surface area contributed by atoms with Crippen LogP contribution in [0.4, 0.5) is 0 Å². The molecule has 9 atom stereocenters. The average molecular weight is 449 g/mol. The minimum Gasteiger partial charge on any atom is -0.393 e. The van der Waals surface area contributed by atoms with Crippen LogP contribution in [0.5, 0.6) is 0 Å². The summed E-state index contributed by atoms with van der Waals surface area (Å²) in [6, 6.07) is 0. The van der Waals surface area contributed by atoms with Crippen LogP contribution in [-0.2, 0) is 4.79 Å². The molecule has 3 unspecified atom stereocenters. The second-order valence-corrected chi connectivity index (χ2v) is 12.8. The first-order valence-corrected chi connectivity index (χ1v) is 12.8. The van der Waals surface area contributed by atoms with Crippen LogP contribution in [0, 0.1) is 34.5 Å². The van der Waals surface area contributed by atoms with Crippen molar-refractivity contribution in [2.45, 2.75) is 116 Å². The minimum atomic E-state index is -1.01. The van der Waals surface area contributed by atoms with Gasteiger partial charge in [0.2, 0.25) is 0 Å². The van der Waals surface area contributed by atoms with Gasteiger partial charge in [0, 0.05) is 11.3 Å². The molecule has 0 aromatic carbocycles. The number of aliphatic hydroxyl groups excluding tert-OH is 2. The van der Waals surface area contributed by atoms with Gasteiger partial charge in [-0.3, -0.25) is 4.79 Å². The summed E-state index contributed by atoms with van der Waals surface area (Å²) in [4.78, 5) is 13.2. The van der Waals surface area contributed by atoms with E-state index in [1.165, 1.54) is 0 Å². The molecule has 5 nitrogen and oxygen atoms in total. The van der Waals surface area contributed by atoms with E-state index in [4.69, 9.17) is 0 Å². The molecule has 182 valence electrons. The van der Waals surface area contributed by atoms with Crippen molar-refractivity contribution >= 4 is 5.78 Å². The number of carbonyl (C=O) groups is 1. The molecule has 3 saturated carbocycles. The third kappa shape index (κ3) is 3.62. The Hall–Kier alpha value is -0.750. The Labute approximate surface area is 193 Å². The highest BCUT2D eigenvalue weighted by atomic mass is 16.3. The van der Waals surface area contributed by atoms with E-state index in [9.17, 15) is 25.2 Å². The normalized spacial score (nSPS) is 46.0. The maximum atomic E-state index is 13.2. The van der Waals surface area contributed by atoms with Crippen molar-refractivity contribution < 1.29 is 25.2 Å². The Balaban J connectivity index is 1.61. The zero-order valence-electron chi connectivity index (χ0n) is 20.6. The van der Waals surface area contributed by atoms with Crippen LogP contribution in [0.2, 0.25) is 0 Å². The van der Waals surface area contributed by atoms with Gasteiger partial charge in [-0.2, -0.15) is 0 Å². The van der Waals surface area contributed by atoms with Gasteiger partial charge in [0.25, 0.3) is 0 Å². The summed E-state index contributed by atoms with van der Waals surface area (Å²) in [6.45, 7) is 10.0. The number of hydrogen-bond acceptors (Lipinski definition) is 5. The van der Waals surface area contributed by atoms with Crippen molar-refractivity contribution in [2.75, 3.05) is 0 Å². The number of rotatable bonds is 5. The summed E-state index contributed by atoms with van der Waals surface area (Å²) in [5.41, 5.74) is -1.43. The lowest BCUT2D eigenvalue weighted by Gasteiger charge is -2.59. The highest BCUT2D eigenvalue weighted by Crippen LogP contribution is 2.68. The second kappa shape index (κ2) is 7.90. The van der Waals surface area contributed by atoms with Gasteiger partial charge in [-0.25, -0.2) is 0 Å². The number of fused-ring (bicyclic) bond motifs is 5. The number of ketones is 1. The van der Waals surface area contributed by atoms with Crippen molar-refractivity contribution in [2.24, 2.45) is 34.5 Å². The number of allylic oxidation sites excluding steroid dienone is 1.